The Bertz CT molecular complexity index is 428. The molecule has 0 bridgehead atoms. The van der Waals surface area contributed by atoms with Gasteiger partial charge in [0.1, 0.15) is 17.7 Å². The quantitative estimate of drug-likeness (QED) is 0.814. The van der Waals surface area contributed by atoms with Crippen LogP contribution in [0.15, 0.2) is 0 Å². The third kappa shape index (κ3) is 4.61. The van der Waals surface area contributed by atoms with Gasteiger partial charge in [0.05, 0.1) is 0 Å². The van der Waals surface area contributed by atoms with E-state index in [4.69, 9.17) is 4.74 Å². The molecule has 120 valence electrons. The van der Waals surface area contributed by atoms with Crippen LogP contribution >= 0.6 is 0 Å². The number of likely N-dealkylation sites (tertiary alicyclic amines) is 1. The van der Waals surface area contributed by atoms with Crippen LogP contribution in [0.5, 0.6) is 0 Å². The number of amides is 2. The molecular weight excluding hydrogens is 276 g/mol. The third-order valence-corrected chi connectivity index (χ3v) is 3.15. The van der Waals surface area contributed by atoms with E-state index in [2.05, 4.69) is 5.32 Å². The number of alkyl carbamates (subject to hydrolysis) is 1. The third-order valence-electron chi connectivity index (χ3n) is 3.15. The molecule has 1 heterocycles. The number of nitrogens with one attached hydrogen (secondary N) is 1. The summed E-state index contributed by atoms with van der Waals surface area (Å²) in [5, 5.41) is 11.7. The highest BCUT2D eigenvalue weighted by Gasteiger charge is 2.41. The molecule has 1 rings (SSSR count). The average molecular weight is 300 g/mol. The molecule has 21 heavy (non-hydrogen) atoms. The van der Waals surface area contributed by atoms with Gasteiger partial charge in [-0.25, -0.2) is 9.59 Å². The van der Waals surface area contributed by atoms with E-state index < -0.39 is 29.7 Å². The lowest BCUT2D eigenvalue weighted by atomic mass is 10.0. The second-order valence-electron chi connectivity index (χ2n) is 6.55. The monoisotopic (exact) mass is 300 g/mol. The molecule has 2 N–H and O–H groups in total. The molecule has 2 unspecified atom stereocenters. The summed E-state index contributed by atoms with van der Waals surface area (Å²) in [4.78, 5) is 36.5. The summed E-state index contributed by atoms with van der Waals surface area (Å²) in [6.07, 6.45) is -0.284. The zero-order valence-corrected chi connectivity index (χ0v) is 13.2. The summed E-state index contributed by atoms with van der Waals surface area (Å²) in [7, 11) is 0. The molecule has 1 fully saturated rings. The first kappa shape index (κ1) is 17.3. The van der Waals surface area contributed by atoms with Crippen molar-refractivity contribution in [3.63, 3.8) is 0 Å². The molecule has 0 saturated carbocycles. The number of hydrogen-bond donors (Lipinski definition) is 2. The number of carboxylic acid groups (broad SMARTS) is 1. The van der Waals surface area contributed by atoms with Crippen molar-refractivity contribution in [2.75, 3.05) is 6.54 Å². The smallest absolute Gasteiger partial charge is 0.408 e. The van der Waals surface area contributed by atoms with Gasteiger partial charge in [0.2, 0.25) is 5.91 Å². The Kier molecular flexibility index (Phi) is 5.20. The van der Waals surface area contributed by atoms with Crippen LogP contribution < -0.4 is 5.32 Å². The van der Waals surface area contributed by atoms with E-state index in [1.54, 1.807) is 34.6 Å². The van der Waals surface area contributed by atoms with Crippen LogP contribution in [0.1, 0.15) is 41.0 Å². The van der Waals surface area contributed by atoms with Crippen molar-refractivity contribution in [3.8, 4) is 0 Å². The molecule has 7 heteroatoms. The number of aliphatic carboxylic acids is 1. The lowest BCUT2D eigenvalue weighted by Gasteiger charge is -2.27. The van der Waals surface area contributed by atoms with Gasteiger partial charge in [-0.05, 0) is 33.1 Å². The molecule has 0 radical (unpaired) electrons. The number of carbonyl (C=O) groups is 3. The predicted molar refractivity (Wildman–Crippen MR) is 75.7 cm³/mol. The van der Waals surface area contributed by atoms with Gasteiger partial charge >= 0.3 is 12.1 Å². The molecule has 0 spiro atoms. The Morgan fingerprint density at radius 1 is 1.38 bits per heavy atom. The zero-order chi connectivity index (χ0) is 16.4. The minimum absolute atomic E-state index is 0.202. The Labute approximate surface area is 124 Å². The van der Waals surface area contributed by atoms with Gasteiger partial charge in [-0.3, -0.25) is 4.79 Å². The van der Waals surface area contributed by atoms with Gasteiger partial charge in [0.25, 0.3) is 0 Å². The molecule has 0 aliphatic carbocycles. The number of nitrogens with zero attached hydrogens (tertiary/aromatic N) is 1. The van der Waals surface area contributed by atoms with E-state index in [9.17, 15) is 19.5 Å². The van der Waals surface area contributed by atoms with E-state index in [0.29, 0.717) is 13.0 Å². The van der Waals surface area contributed by atoms with Gasteiger partial charge in [-0.15, -0.1) is 0 Å². The van der Waals surface area contributed by atoms with Crippen LogP contribution in [0, 0.1) is 5.92 Å². The lowest BCUT2D eigenvalue weighted by Crippen LogP contribution is -2.49. The van der Waals surface area contributed by atoms with Crippen LogP contribution in [-0.4, -0.2) is 52.2 Å². The van der Waals surface area contributed by atoms with E-state index >= 15 is 0 Å². The van der Waals surface area contributed by atoms with E-state index in [0.717, 1.165) is 0 Å². The van der Waals surface area contributed by atoms with Gasteiger partial charge < -0.3 is 20.1 Å². The maximum Gasteiger partial charge on any atom is 0.408 e. The minimum atomic E-state index is -1.03. The van der Waals surface area contributed by atoms with E-state index in [1.807, 2.05) is 0 Å². The lowest BCUT2D eigenvalue weighted by molar-refractivity contribution is -0.150. The fraction of sp³-hybridized carbons (Fsp3) is 0.786. The van der Waals surface area contributed by atoms with Crippen molar-refractivity contribution in [1.29, 1.82) is 0 Å². The Morgan fingerprint density at radius 2 is 1.95 bits per heavy atom. The van der Waals surface area contributed by atoms with Crippen LogP contribution in [0.2, 0.25) is 0 Å². The zero-order valence-electron chi connectivity index (χ0n) is 13.2. The van der Waals surface area contributed by atoms with Crippen molar-refractivity contribution < 1.29 is 24.2 Å². The van der Waals surface area contributed by atoms with Gasteiger partial charge in [0, 0.05) is 6.54 Å². The van der Waals surface area contributed by atoms with E-state index in [1.165, 1.54) is 4.90 Å². The van der Waals surface area contributed by atoms with Gasteiger partial charge in [-0.1, -0.05) is 13.8 Å². The molecule has 7 nitrogen and oxygen atoms in total. The highest BCUT2D eigenvalue weighted by molar-refractivity contribution is 5.91. The number of hydrogen-bond acceptors (Lipinski definition) is 4. The van der Waals surface area contributed by atoms with Crippen molar-refractivity contribution in [3.05, 3.63) is 0 Å². The molecular formula is C14H24N2O5. The summed E-state index contributed by atoms with van der Waals surface area (Å²) >= 11 is 0. The SMILES string of the molecule is CC(C)C(C(=O)O)N1CCC(NC(=O)OC(C)(C)C)C1=O. The maximum absolute atomic E-state index is 12.2. The van der Waals surface area contributed by atoms with Crippen molar-refractivity contribution in [2.24, 2.45) is 5.92 Å². The summed E-state index contributed by atoms with van der Waals surface area (Å²) in [5.74, 6) is -1.61. The maximum atomic E-state index is 12.2. The average Bonchev–Trinajstić information content (AvgIpc) is 2.58. The van der Waals surface area contributed by atoms with E-state index in [-0.39, 0.29) is 11.8 Å². The number of carbonyl (C=O) groups excluding carboxylic acids is 2. The molecule has 0 aromatic carbocycles. The van der Waals surface area contributed by atoms with Gasteiger partial charge in [-0.2, -0.15) is 0 Å². The van der Waals surface area contributed by atoms with Crippen LogP contribution in [0.25, 0.3) is 0 Å². The minimum Gasteiger partial charge on any atom is -0.480 e. The second kappa shape index (κ2) is 6.32. The fourth-order valence-electron chi connectivity index (χ4n) is 2.34. The summed E-state index contributed by atoms with van der Waals surface area (Å²) < 4.78 is 5.10. The van der Waals surface area contributed by atoms with Crippen LogP contribution in [0.4, 0.5) is 4.79 Å². The number of rotatable bonds is 4. The largest absolute Gasteiger partial charge is 0.480 e. The van der Waals surface area contributed by atoms with Crippen LogP contribution in [-0.2, 0) is 14.3 Å². The van der Waals surface area contributed by atoms with Crippen molar-refractivity contribution in [2.45, 2.75) is 58.7 Å². The Morgan fingerprint density at radius 3 is 2.38 bits per heavy atom. The molecule has 0 aromatic rings. The topological polar surface area (TPSA) is 95.9 Å². The summed E-state index contributed by atoms with van der Waals surface area (Å²) in [5.41, 5.74) is -0.646. The Balaban J connectivity index is 2.69. The number of ether oxygens (including phenoxy) is 1. The van der Waals surface area contributed by atoms with Crippen LogP contribution in [0.3, 0.4) is 0 Å². The highest BCUT2D eigenvalue weighted by Crippen LogP contribution is 2.20. The molecule has 1 aliphatic rings. The Hall–Kier alpha value is -1.79. The standard InChI is InChI=1S/C14H24N2O5/c1-8(2)10(12(18)19)16-7-6-9(11(16)17)15-13(20)21-14(3,4)5/h8-10H,6-7H2,1-5H3,(H,15,20)(H,18,19). The second-order valence-corrected chi connectivity index (χ2v) is 6.55. The highest BCUT2D eigenvalue weighted by atomic mass is 16.6. The summed E-state index contributed by atoms with van der Waals surface area (Å²) in [6, 6.07) is -1.59. The molecule has 1 aliphatic heterocycles. The fourth-order valence-corrected chi connectivity index (χ4v) is 2.34. The molecule has 1 saturated heterocycles. The first-order chi connectivity index (χ1) is 9.53. The predicted octanol–water partition coefficient (Wildman–Crippen LogP) is 1.22. The normalized spacial score (nSPS) is 20.6. The molecule has 2 amide bonds. The molecule has 2 atom stereocenters. The summed E-state index contributed by atoms with van der Waals surface area (Å²) in [6.45, 7) is 9.01. The van der Waals surface area contributed by atoms with Crippen molar-refractivity contribution in [1.82, 2.24) is 10.2 Å². The molecule has 0 aromatic heterocycles. The first-order valence-corrected chi connectivity index (χ1v) is 7.05. The first-order valence-electron chi connectivity index (χ1n) is 7.05. The van der Waals surface area contributed by atoms with Crippen molar-refractivity contribution >= 4 is 18.0 Å². The van der Waals surface area contributed by atoms with Gasteiger partial charge in [0.15, 0.2) is 0 Å². The number of carboxylic acids is 1.